The third-order valence-corrected chi connectivity index (χ3v) is 5.27. The van der Waals surface area contributed by atoms with Gasteiger partial charge >= 0.3 is 6.03 Å². The van der Waals surface area contributed by atoms with E-state index < -0.39 is 6.04 Å². The van der Waals surface area contributed by atoms with Crippen LogP contribution >= 0.6 is 0 Å². The quantitative estimate of drug-likeness (QED) is 0.736. The number of fused-ring (bicyclic) bond motifs is 1. The molecule has 10 nitrogen and oxygen atoms in total. The number of ether oxygens (including phenoxy) is 2. The number of aromatic nitrogens is 2. The van der Waals surface area contributed by atoms with Crippen molar-refractivity contribution in [1.82, 2.24) is 20.2 Å². The molecule has 2 aromatic rings. The van der Waals surface area contributed by atoms with Gasteiger partial charge in [0.25, 0.3) is 11.8 Å². The summed E-state index contributed by atoms with van der Waals surface area (Å²) in [5, 5.41) is 2.88. The number of benzene rings is 1. The molecule has 10 heteroatoms. The number of anilines is 1. The maximum absolute atomic E-state index is 13.1. The second-order valence-electron chi connectivity index (χ2n) is 7.02. The zero-order chi connectivity index (χ0) is 21.3. The lowest BCUT2D eigenvalue weighted by atomic mass is 9.98. The summed E-state index contributed by atoms with van der Waals surface area (Å²) in [5.74, 6) is 0.259. The van der Waals surface area contributed by atoms with Crippen molar-refractivity contribution in [2.75, 3.05) is 25.7 Å². The van der Waals surface area contributed by atoms with Crippen molar-refractivity contribution >= 4 is 23.5 Å². The molecule has 0 bridgehead atoms. The van der Waals surface area contributed by atoms with Crippen LogP contribution in [0.15, 0.2) is 36.8 Å². The van der Waals surface area contributed by atoms with Crippen molar-refractivity contribution < 1.29 is 23.9 Å². The summed E-state index contributed by atoms with van der Waals surface area (Å²) in [7, 11) is 3.00. The SMILES string of the molecule is COc1cc(OC)cc(N2C(=O)[C@H]3C[C@@H](NC(=O)c4cnccn4)CCN3C2=O)c1. The summed E-state index contributed by atoms with van der Waals surface area (Å²) in [6, 6.07) is 3.61. The predicted molar refractivity (Wildman–Crippen MR) is 105 cm³/mol. The third-order valence-electron chi connectivity index (χ3n) is 5.27. The number of rotatable bonds is 5. The number of hydrogen-bond acceptors (Lipinski definition) is 7. The van der Waals surface area contributed by atoms with Gasteiger partial charge in [0.2, 0.25) is 0 Å². The largest absolute Gasteiger partial charge is 0.497 e. The van der Waals surface area contributed by atoms with Crippen LogP contribution in [0.5, 0.6) is 11.5 Å². The fourth-order valence-electron chi connectivity index (χ4n) is 3.77. The molecular weight excluding hydrogens is 390 g/mol. The van der Waals surface area contributed by atoms with Gasteiger partial charge in [-0.25, -0.2) is 14.7 Å². The maximum Gasteiger partial charge on any atom is 0.332 e. The van der Waals surface area contributed by atoms with Gasteiger partial charge in [0.1, 0.15) is 23.2 Å². The minimum absolute atomic E-state index is 0.207. The van der Waals surface area contributed by atoms with Gasteiger partial charge in [-0.1, -0.05) is 0 Å². The van der Waals surface area contributed by atoms with Crippen LogP contribution in [0.4, 0.5) is 10.5 Å². The van der Waals surface area contributed by atoms with E-state index in [2.05, 4.69) is 15.3 Å². The molecule has 4 amide bonds. The van der Waals surface area contributed by atoms with E-state index in [-0.39, 0.29) is 29.6 Å². The highest BCUT2D eigenvalue weighted by atomic mass is 16.5. The fraction of sp³-hybridized carbons (Fsp3) is 0.350. The molecule has 156 valence electrons. The molecule has 0 unspecified atom stereocenters. The predicted octanol–water partition coefficient (Wildman–Crippen LogP) is 1.22. The van der Waals surface area contributed by atoms with Gasteiger partial charge in [-0.05, 0) is 12.8 Å². The van der Waals surface area contributed by atoms with Gasteiger partial charge in [0.15, 0.2) is 0 Å². The van der Waals surface area contributed by atoms with E-state index in [0.29, 0.717) is 36.6 Å². The summed E-state index contributed by atoms with van der Waals surface area (Å²) < 4.78 is 10.5. The molecule has 2 fully saturated rings. The number of carbonyl (C=O) groups excluding carboxylic acids is 3. The van der Waals surface area contributed by atoms with Gasteiger partial charge in [0.05, 0.1) is 26.1 Å². The summed E-state index contributed by atoms with van der Waals surface area (Å²) in [6.07, 6.45) is 5.18. The van der Waals surface area contributed by atoms with Gasteiger partial charge in [-0.2, -0.15) is 0 Å². The molecule has 30 heavy (non-hydrogen) atoms. The van der Waals surface area contributed by atoms with Crippen LogP contribution in [0.3, 0.4) is 0 Å². The minimum atomic E-state index is -0.643. The number of nitrogens with one attached hydrogen (secondary N) is 1. The van der Waals surface area contributed by atoms with Crippen LogP contribution in [0, 0.1) is 0 Å². The van der Waals surface area contributed by atoms with E-state index in [1.807, 2.05) is 0 Å². The Bertz CT molecular complexity index is 961. The van der Waals surface area contributed by atoms with E-state index in [0.717, 1.165) is 4.90 Å². The lowest BCUT2D eigenvalue weighted by Gasteiger charge is -2.32. The molecule has 1 N–H and O–H groups in total. The van der Waals surface area contributed by atoms with Crippen molar-refractivity contribution in [2.45, 2.75) is 24.9 Å². The van der Waals surface area contributed by atoms with Crippen LogP contribution in [0.25, 0.3) is 0 Å². The number of imide groups is 1. The van der Waals surface area contributed by atoms with Gasteiger partial charge in [0, 0.05) is 43.2 Å². The number of amides is 4. The Balaban J connectivity index is 1.52. The topological polar surface area (TPSA) is 114 Å². The van der Waals surface area contributed by atoms with E-state index in [4.69, 9.17) is 9.47 Å². The first kappa shape index (κ1) is 19.6. The zero-order valence-electron chi connectivity index (χ0n) is 16.6. The van der Waals surface area contributed by atoms with E-state index >= 15 is 0 Å². The lowest BCUT2D eigenvalue weighted by Crippen LogP contribution is -2.49. The fourth-order valence-corrected chi connectivity index (χ4v) is 3.77. The van der Waals surface area contributed by atoms with E-state index in [1.165, 1.54) is 32.8 Å². The number of urea groups is 1. The second-order valence-corrected chi connectivity index (χ2v) is 7.02. The summed E-state index contributed by atoms with van der Waals surface area (Å²) in [6.45, 7) is 0.359. The smallest absolute Gasteiger partial charge is 0.332 e. The van der Waals surface area contributed by atoms with Gasteiger partial charge in [-0.15, -0.1) is 0 Å². The molecule has 0 radical (unpaired) electrons. The molecule has 2 atom stereocenters. The molecular formula is C20H21N5O5. The van der Waals surface area contributed by atoms with Crippen LogP contribution in [-0.2, 0) is 4.79 Å². The number of methoxy groups -OCH3 is 2. The zero-order valence-corrected chi connectivity index (χ0v) is 16.6. The highest BCUT2D eigenvalue weighted by molar-refractivity contribution is 6.21. The number of hydrogen-bond donors (Lipinski definition) is 1. The molecule has 0 spiro atoms. The Labute approximate surface area is 172 Å². The van der Waals surface area contributed by atoms with Crippen LogP contribution in [0.2, 0.25) is 0 Å². The Morgan fingerprint density at radius 3 is 2.50 bits per heavy atom. The molecule has 1 aromatic heterocycles. The number of carbonyl (C=O) groups is 3. The first-order valence-corrected chi connectivity index (χ1v) is 9.46. The summed E-state index contributed by atoms with van der Waals surface area (Å²) >= 11 is 0. The first-order chi connectivity index (χ1) is 14.5. The summed E-state index contributed by atoms with van der Waals surface area (Å²) in [5.41, 5.74) is 0.592. The minimum Gasteiger partial charge on any atom is -0.497 e. The third kappa shape index (κ3) is 3.51. The van der Waals surface area contributed by atoms with Crippen molar-refractivity contribution in [3.8, 4) is 11.5 Å². The highest BCUT2D eigenvalue weighted by Gasteiger charge is 2.49. The van der Waals surface area contributed by atoms with Gasteiger partial charge < -0.3 is 19.7 Å². The second kappa shape index (κ2) is 7.97. The molecule has 4 rings (SSSR count). The van der Waals surface area contributed by atoms with Crippen LogP contribution in [-0.4, -0.2) is 65.6 Å². The highest BCUT2D eigenvalue weighted by Crippen LogP contribution is 2.35. The van der Waals surface area contributed by atoms with Crippen LogP contribution in [0.1, 0.15) is 23.3 Å². The van der Waals surface area contributed by atoms with Crippen molar-refractivity contribution in [1.29, 1.82) is 0 Å². The normalized spacial score (nSPS) is 20.7. The summed E-state index contributed by atoms with van der Waals surface area (Å²) in [4.78, 5) is 49.0. The monoisotopic (exact) mass is 411 g/mol. The molecule has 0 saturated carbocycles. The maximum atomic E-state index is 13.1. The Hall–Kier alpha value is -3.69. The molecule has 2 aliphatic rings. The number of piperidine rings is 1. The Morgan fingerprint density at radius 2 is 1.87 bits per heavy atom. The lowest BCUT2D eigenvalue weighted by molar-refractivity contribution is -0.120. The average Bonchev–Trinajstić information content (AvgIpc) is 3.03. The van der Waals surface area contributed by atoms with E-state index in [1.54, 1.807) is 23.1 Å². The average molecular weight is 411 g/mol. The molecule has 3 heterocycles. The van der Waals surface area contributed by atoms with Crippen molar-refractivity contribution in [2.24, 2.45) is 0 Å². The molecule has 2 aliphatic heterocycles. The number of nitrogens with zero attached hydrogens (tertiary/aromatic N) is 4. The molecule has 1 aromatic carbocycles. The van der Waals surface area contributed by atoms with Gasteiger partial charge in [-0.3, -0.25) is 14.6 Å². The van der Waals surface area contributed by atoms with Crippen LogP contribution < -0.4 is 19.7 Å². The van der Waals surface area contributed by atoms with E-state index in [9.17, 15) is 14.4 Å². The van der Waals surface area contributed by atoms with Crippen molar-refractivity contribution in [3.63, 3.8) is 0 Å². The molecule has 0 aliphatic carbocycles. The van der Waals surface area contributed by atoms with Crippen molar-refractivity contribution in [3.05, 3.63) is 42.5 Å². The molecule has 2 saturated heterocycles. The Morgan fingerprint density at radius 1 is 1.13 bits per heavy atom. The Kier molecular flexibility index (Phi) is 5.21. The first-order valence-electron chi connectivity index (χ1n) is 9.46. The standard InChI is InChI=1S/C20H21N5O5/c1-29-14-8-13(9-15(10-14)30-2)25-19(27)17-7-12(3-6-24(17)20(25)28)23-18(26)16-11-21-4-5-22-16/h4-5,8-12,17H,3,6-7H2,1-2H3,(H,23,26)/t12-,17+/m0/s1.